The van der Waals surface area contributed by atoms with E-state index in [1.807, 2.05) is 18.2 Å². The zero-order valence-corrected chi connectivity index (χ0v) is 11.9. The molecule has 1 heterocycles. The quantitative estimate of drug-likeness (QED) is 0.778. The molecule has 6 heteroatoms. The van der Waals surface area contributed by atoms with Gasteiger partial charge in [-0.1, -0.05) is 0 Å². The van der Waals surface area contributed by atoms with Crippen LogP contribution in [0, 0.1) is 0 Å². The van der Waals surface area contributed by atoms with Crippen LogP contribution >= 0.6 is 0 Å². The molecule has 0 aromatic heterocycles. The summed E-state index contributed by atoms with van der Waals surface area (Å²) < 4.78 is 5.22. The van der Waals surface area contributed by atoms with E-state index in [4.69, 9.17) is 10.5 Å². The van der Waals surface area contributed by atoms with Crippen molar-refractivity contribution >= 4 is 17.3 Å². The first-order chi connectivity index (χ1) is 9.52. The molecule has 1 saturated heterocycles. The fraction of sp³-hybridized carbons (Fsp3) is 0.500. The summed E-state index contributed by atoms with van der Waals surface area (Å²) in [5, 5.41) is 9.32. The first kappa shape index (κ1) is 14.5. The number of anilines is 2. The lowest BCUT2D eigenvalue weighted by atomic mass is 10.2. The normalized spacial score (nSPS) is 16.9. The van der Waals surface area contributed by atoms with Crippen LogP contribution in [0.2, 0.25) is 0 Å². The van der Waals surface area contributed by atoms with Gasteiger partial charge in [0.05, 0.1) is 12.8 Å². The lowest BCUT2D eigenvalue weighted by molar-refractivity contribution is -0.139. The zero-order chi connectivity index (χ0) is 14.7. The molecule has 1 aliphatic rings. The van der Waals surface area contributed by atoms with E-state index in [2.05, 4.69) is 4.90 Å². The Morgan fingerprint density at radius 3 is 2.55 bits per heavy atom. The monoisotopic (exact) mass is 279 g/mol. The van der Waals surface area contributed by atoms with Crippen LogP contribution in [0.1, 0.15) is 6.92 Å². The Morgan fingerprint density at radius 2 is 2.00 bits per heavy atom. The maximum absolute atomic E-state index is 11.7. The first-order valence-corrected chi connectivity index (χ1v) is 6.68. The molecule has 2 rings (SSSR count). The van der Waals surface area contributed by atoms with Crippen molar-refractivity contribution in [3.8, 4) is 5.75 Å². The standard InChI is InChI=1S/C14H21N3O3/c1-10(18)14(19)17-7-5-16(6-8-17)11-3-4-12(15)13(9-11)20-2/h3-4,9-10,18H,5-8,15H2,1-2H3/t10-/m1/s1. The van der Waals surface area contributed by atoms with Crippen LogP contribution in [-0.2, 0) is 4.79 Å². The number of benzene rings is 1. The van der Waals surface area contributed by atoms with Gasteiger partial charge in [0.15, 0.2) is 0 Å². The second-order valence-corrected chi connectivity index (χ2v) is 4.91. The van der Waals surface area contributed by atoms with Crippen LogP contribution in [0.25, 0.3) is 0 Å². The number of piperazine rings is 1. The number of methoxy groups -OCH3 is 1. The third kappa shape index (κ3) is 2.96. The van der Waals surface area contributed by atoms with Gasteiger partial charge in [-0.2, -0.15) is 0 Å². The highest BCUT2D eigenvalue weighted by molar-refractivity contribution is 5.80. The molecule has 1 aromatic carbocycles. The average Bonchev–Trinajstić information content (AvgIpc) is 2.47. The van der Waals surface area contributed by atoms with Crippen LogP contribution in [0.15, 0.2) is 18.2 Å². The first-order valence-electron chi connectivity index (χ1n) is 6.68. The second-order valence-electron chi connectivity index (χ2n) is 4.91. The molecule has 110 valence electrons. The Balaban J connectivity index is 2.02. The molecule has 0 bridgehead atoms. The minimum Gasteiger partial charge on any atom is -0.495 e. The molecule has 20 heavy (non-hydrogen) atoms. The third-order valence-electron chi connectivity index (χ3n) is 3.53. The highest BCUT2D eigenvalue weighted by Crippen LogP contribution is 2.28. The maximum Gasteiger partial charge on any atom is 0.251 e. The number of ether oxygens (including phenoxy) is 1. The smallest absolute Gasteiger partial charge is 0.251 e. The van der Waals surface area contributed by atoms with Gasteiger partial charge in [-0.15, -0.1) is 0 Å². The number of hydrogen-bond acceptors (Lipinski definition) is 5. The molecule has 1 fully saturated rings. The number of rotatable bonds is 3. The molecule has 1 aliphatic heterocycles. The van der Waals surface area contributed by atoms with Crippen molar-refractivity contribution in [2.45, 2.75) is 13.0 Å². The minimum absolute atomic E-state index is 0.209. The van der Waals surface area contributed by atoms with Crippen molar-refractivity contribution < 1.29 is 14.6 Å². The van der Waals surface area contributed by atoms with Crippen LogP contribution in [0.3, 0.4) is 0 Å². The van der Waals surface area contributed by atoms with Crippen LogP contribution in [0.4, 0.5) is 11.4 Å². The molecule has 0 aliphatic carbocycles. The Hall–Kier alpha value is -1.95. The SMILES string of the molecule is COc1cc(N2CCN(C(=O)[C@@H](C)O)CC2)ccc1N. The van der Waals surface area contributed by atoms with Gasteiger partial charge in [0.25, 0.3) is 5.91 Å². The Morgan fingerprint density at radius 1 is 1.35 bits per heavy atom. The van der Waals surface area contributed by atoms with Gasteiger partial charge in [-0.3, -0.25) is 4.79 Å². The van der Waals surface area contributed by atoms with Crippen molar-refractivity contribution in [3.63, 3.8) is 0 Å². The van der Waals surface area contributed by atoms with Crippen molar-refractivity contribution in [1.82, 2.24) is 4.90 Å². The van der Waals surface area contributed by atoms with Crippen molar-refractivity contribution in [2.75, 3.05) is 43.9 Å². The van der Waals surface area contributed by atoms with Gasteiger partial charge >= 0.3 is 0 Å². The minimum atomic E-state index is -0.932. The van der Waals surface area contributed by atoms with E-state index in [0.29, 0.717) is 24.5 Å². The number of amides is 1. The zero-order valence-electron chi connectivity index (χ0n) is 11.9. The predicted octanol–water partition coefficient (Wildman–Crippen LogP) is 0.307. The summed E-state index contributed by atoms with van der Waals surface area (Å²) in [6, 6.07) is 5.67. The molecule has 0 spiro atoms. The average molecular weight is 279 g/mol. The van der Waals surface area contributed by atoms with E-state index in [1.54, 1.807) is 12.0 Å². The molecule has 6 nitrogen and oxygen atoms in total. The van der Waals surface area contributed by atoms with E-state index in [1.165, 1.54) is 6.92 Å². The van der Waals surface area contributed by atoms with Crippen molar-refractivity contribution in [2.24, 2.45) is 0 Å². The molecule has 1 aromatic rings. The van der Waals surface area contributed by atoms with E-state index in [-0.39, 0.29) is 5.91 Å². The van der Waals surface area contributed by atoms with Crippen molar-refractivity contribution in [1.29, 1.82) is 0 Å². The summed E-state index contributed by atoms with van der Waals surface area (Å²) in [5.74, 6) is 0.449. The van der Waals surface area contributed by atoms with Gasteiger partial charge in [-0.05, 0) is 19.1 Å². The third-order valence-corrected chi connectivity index (χ3v) is 3.53. The van der Waals surface area contributed by atoms with E-state index in [0.717, 1.165) is 18.8 Å². The number of carbonyl (C=O) groups is 1. The number of hydrogen-bond donors (Lipinski definition) is 2. The Bertz CT molecular complexity index is 483. The fourth-order valence-electron chi connectivity index (χ4n) is 2.35. The number of nitrogens with zero attached hydrogens (tertiary/aromatic N) is 2. The van der Waals surface area contributed by atoms with E-state index < -0.39 is 6.10 Å². The highest BCUT2D eigenvalue weighted by atomic mass is 16.5. The molecule has 1 atom stereocenters. The fourth-order valence-corrected chi connectivity index (χ4v) is 2.35. The molecule has 0 saturated carbocycles. The highest BCUT2D eigenvalue weighted by Gasteiger charge is 2.24. The topological polar surface area (TPSA) is 79.0 Å². The molecule has 3 N–H and O–H groups in total. The van der Waals surface area contributed by atoms with Gasteiger partial charge in [0, 0.05) is 37.9 Å². The van der Waals surface area contributed by atoms with Gasteiger partial charge in [-0.25, -0.2) is 0 Å². The summed E-state index contributed by atoms with van der Waals surface area (Å²) in [6.45, 7) is 4.17. The number of carbonyl (C=O) groups excluding carboxylic acids is 1. The van der Waals surface area contributed by atoms with Crippen LogP contribution in [0.5, 0.6) is 5.75 Å². The number of nitrogens with two attached hydrogens (primary N) is 1. The predicted molar refractivity (Wildman–Crippen MR) is 77.9 cm³/mol. The van der Waals surface area contributed by atoms with E-state index >= 15 is 0 Å². The van der Waals surface area contributed by atoms with Gasteiger partial charge in [0.2, 0.25) is 0 Å². The Kier molecular flexibility index (Phi) is 4.34. The maximum atomic E-state index is 11.7. The van der Waals surface area contributed by atoms with E-state index in [9.17, 15) is 9.90 Å². The van der Waals surface area contributed by atoms with Crippen LogP contribution < -0.4 is 15.4 Å². The lowest BCUT2D eigenvalue weighted by Gasteiger charge is -2.36. The molecular formula is C14H21N3O3. The summed E-state index contributed by atoms with van der Waals surface area (Å²) in [6.07, 6.45) is -0.932. The molecule has 0 unspecified atom stereocenters. The van der Waals surface area contributed by atoms with Gasteiger partial charge in [0.1, 0.15) is 11.9 Å². The van der Waals surface area contributed by atoms with Crippen LogP contribution in [-0.4, -0.2) is 55.3 Å². The molecular weight excluding hydrogens is 258 g/mol. The van der Waals surface area contributed by atoms with Crippen molar-refractivity contribution in [3.05, 3.63) is 18.2 Å². The lowest BCUT2D eigenvalue weighted by Crippen LogP contribution is -2.51. The second kappa shape index (κ2) is 6.00. The molecule has 1 amide bonds. The number of nitrogen functional groups attached to an aromatic ring is 1. The Labute approximate surface area is 118 Å². The summed E-state index contributed by atoms with van der Waals surface area (Å²) in [7, 11) is 1.59. The molecule has 0 radical (unpaired) electrons. The largest absolute Gasteiger partial charge is 0.495 e. The number of aliphatic hydroxyl groups excluding tert-OH is 1. The summed E-state index contributed by atoms with van der Waals surface area (Å²) in [4.78, 5) is 15.6. The number of aliphatic hydroxyl groups is 1. The summed E-state index contributed by atoms with van der Waals surface area (Å²) in [5.41, 5.74) is 7.44. The van der Waals surface area contributed by atoms with Gasteiger partial charge < -0.3 is 25.4 Å². The summed E-state index contributed by atoms with van der Waals surface area (Å²) >= 11 is 0.